The molecular weight excluding hydrogens is 380 g/mol. The molecule has 0 unspecified atom stereocenters. The first-order valence-electron chi connectivity index (χ1n) is 8.86. The van der Waals surface area contributed by atoms with Crippen LogP contribution in [0.15, 0.2) is 42.5 Å². The van der Waals surface area contributed by atoms with Crippen molar-refractivity contribution in [1.29, 1.82) is 0 Å². The number of hydrogen-bond donors (Lipinski definition) is 1. The maximum absolute atomic E-state index is 13.0. The molecule has 0 aromatic heterocycles. The second kappa shape index (κ2) is 9.99. The number of likely N-dealkylation sites (N-methyl/N-ethyl adjacent to an activating group) is 1. The highest BCUT2D eigenvalue weighted by atomic mass is 35.5. The summed E-state index contributed by atoms with van der Waals surface area (Å²) in [6.07, 6.45) is 0.134. The van der Waals surface area contributed by atoms with E-state index in [1.165, 1.54) is 0 Å². The molecule has 7 heteroatoms. The number of carbonyl (C=O) groups is 2. The van der Waals surface area contributed by atoms with Gasteiger partial charge in [0.25, 0.3) is 0 Å². The van der Waals surface area contributed by atoms with E-state index in [2.05, 4.69) is 5.32 Å². The topological polar surface area (TPSA) is 67.9 Å². The van der Waals surface area contributed by atoms with Crippen LogP contribution < -0.4 is 14.8 Å². The Kier molecular flexibility index (Phi) is 7.70. The summed E-state index contributed by atoms with van der Waals surface area (Å²) in [7, 11) is 4.66. The summed E-state index contributed by atoms with van der Waals surface area (Å²) in [6, 6.07) is 11.9. The lowest BCUT2D eigenvalue weighted by molar-refractivity contribution is -0.139. The van der Waals surface area contributed by atoms with Crippen LogP contribution in [-0.4, -0.2) is 44.0 Å². The number of nitrogens with zero attached hydrogens (tertiary/aromatic N) is 1. The molecular formula is C21H25ClN2O4. The molecule has 0 saturated heterocycles. The molecule has 1 N–H and O–H groups in total. The highest BCUT2D eigenvalue weighted by Gasteiger charge is 2.25. The number of halogens is 1. The fourth-order valence-electron chi connectivity index (χ4n) is 2.84. The van der Waals surface area contributed by atoms with Gasteiger partial charge in [0, 0.05) is 18.6 Å². The summed E-state index contributed by atoms with van der Waals surface area (Å²) >= 11 is 5.94. The maximum atomic E-state index is 13.0. The van der Waals surface area contributed by atoms with Crippen molar-refractivity contribution in [2.45, 2.75) is 25.9 Å². The van der Waals surface area contributed by atoms with E-state index in [9.17, 15) is 9.59 Å². The summed E-state index contributed by atoms with van der Waals surface area (Å²) in [5.41, 5.74) is 1.66. The van der Waals surface area contributed by atoms with Crippen molar-refractivity contribution in [2.24, 2.45) is 0 Å². The fraction of sp³-hybridized carbons (Fsp3) is 0.333. The highest BCUT2D eigenvalue weighted by Crippen LogP contribution is 2.28. The first-order chi connectivity index (χ1) is 13.4. The Labute approximate surface area is 170 Å². The second-order valence-corrected chi connectivity index (χ2v) is 6.74. The van der Waals surface area contributed by atoms with Gasteiger partial charge in [0.05, 0.1) is 20.6 Å². The van der Waals surface area contributed by atoms with Crippen LogP contribution in [0.25, 0.3) is 0 Å². The molecule has 2 rings (SSSR count). The Hall–Kier alpha value is -2.73. The molecule has 28 heavy (non-hydrogen) atoms. The number of hydrogen-bond acceptors (Lipinski definition) is 4. The Balaban J connectivity index is 2.25. The molecule has 2 aromatic rings. The molecule has 150 valence electrons. The van der Waals surface area contributed by atoms with E-state index < -0.39 is 6.04 Å². The van der Waals surface area contributed by atoms with Crippen LogP contribution >= 0.6 is 11.6 Å². The molecule has 0 heterocycles. The average molecular weight is 405 g/mol. The molecule has 6 nitrogen and oxygen atoms in total. The number of nitrogens with one attached hydrogen (secondary N) is 1. The van der Waals surface area contributed by atoms with Crippen LogP contribution in [0, 0.1) is 0 Å². The Morgan fingerprint density at radius 3 is 2.21 bits per heavy atom. The largest absolute Gasteiger partial charge is 0.493 e. The Morgan fingerprint density at radius 2 is 1.64 bits per heavy atom. The third kappa shape index (κ3) is 5.39. The number of rotatable bonds is 8. The fourth-order valence-corrected chi connectivity index (χ4v) is 2.97. The van der Waals surface area contributed by atoms with Gasteiger partial charge in [-0.05, 0) is 42.3 Å². The lowest BCUT2D eigenvalue weighted by Gasteiger charge is -2.28. The lowest BCUT2D eigenvalue weighted by atomic mass is 10.1. The van der Waals surface area contributed by atoms with Gasteiger partial charge in [0.1, 0.15) is 6.04 Å². The van der Waals surface area contributed by atoms with E-state index in [1.807, 2.05) is 18.2 Å². The zero-order valence-corrected chi connectivity index (χ0v) is 17.2. The number of amides is 2. The summed E-state index contributed by atoms with van der Waals surface area (Å²) in [5.74, 6) is 0.750. The minimum absolute atomic E-state index is 0.134. The van der Waals surface area contributed by atoms with Crippen molar-refractivity contribution in [3.05, 3.63) is 58.6 Å². The van der Waals surface area contributed by atoms with Gasteiger partial charge in [-0.1, -0.05) is 29.8 Å². The van der Waals surface area contributed by atoms with Gasteiger partial charge in [-0.25, -0.2) is 0 Å². The van der Waals surface area contributed by atoms with Crippen molar-refractivity contribution in [1.82, 2.24) is 10.2 Å². The molecule has 0 aliphatic heterocycles. The minimum atomic E-state index is -0.617. The Morgan fingerprint density at radius 1 is 1.04 bits per heavy atom. The van der Waals surface area contributed by atoms with E-state index in [4.69, 9.17) is 21.1 Å². The van der Waals surface area contributed by atoms with Gasteiger partial charge in [-0.2, -0.15) is 0 Å². The molecule has 2 aromatic carbocycles. The van der Waals surface area contributed by atoms with Gasteiger partial charge in [0.15, 0.2) is 11.5 Å². The molecule has 0 radical (unpaired) electrons. The molecule has 0 bridgehead atoms. The van der Waals surface area contributed by atoms with Crippen LogP contribution in [0.3, 0.4) is 0 Å². The van der Waals surface area contributed by atoms with Crippen molar-refractivity contribution in [3.63, 3.8) is 0 Å². The van der Waals surface area contributed by atoms with E-state index in [0.717, 1.165) is 11.1 Å². The third-order valence-corrected chi connectivity index (χ3v) is 4.74. The van der Waals surface area contributed by atoms with E-state index >= 15 is 0 Å². The first kappa shape index (κ1) is 21.6. The Bertz CT molecular complexity index is 824. The first-order valence-corrected chi connectivity index (χ1v) is 9.23. The molecule has 0 aliphatic rings. The van der Waals surface area contributed by atoms with Crippen molar-refractivity contribution in [2.75, 3.05) is 21.3 Å². The number of ether oxygens (including phenoxy) is 2. The summed E-state index contributed by atoms with van der Waals surface area (Å²) in [6.45, 7) is 2.01. The summed E-state index contributed by atoms with van der Waals surface area (Å²) in [5, 5.41) is 3.22. The standard InChI is InChI=1S/C21H25ClN2O4/c1-14(21(26)23-2)24(13-15-5-8-17(22)9-6-15)20(25)12-16-7-10-18(27-3)19(11-16)28-4/h5-11,14H,12-13H2,1-4H3,(H,23,26)/t14-/m1/s1. The molecule has 0 spiro atoms. The van der Waals surface area contributed by atoms with Crippen LogP contribution in [0.4, 0.5) is 0 Å². The number of carbonyl (C=O) groups excluding carboxylic acids is 2. The predicted octanol–water partition coefficient (Wildman–Crippen LogP) is 3.06. The highest BCUT2D eigenvalue weighted by molar-refractivity contribution is 6.30. The van der Waals surface area contributed by atoms with Crippen molar-refractivity contribution < 1.29 is 19.1 Å². The van der Waals surface area contributed by atoms with Crippen molar-refractivity contribution in [3.8, 4) is 11.5 Å². The second-order valence-electron chi connectivity index (χ2n) is 6.30. The van der Waals surface area contributed by atoms with E-state index in [0.29, 0.717) is 23.1 Å². The monoisotopic (exact) mass is 404 g/mol. The molecule has 1 atom stereocenters. The van der Waals surface area contributed by atoms with Gasteiger partial charge in [-0.3, -0.25) is 9.59 Å². The van der Waals surface area contributed by atoms with Crippen LogP contribution in [0.5, 0.6) is 11.5 Å². The maximum Gasteiger partial charge on any atom is 0.242 e. The SMILES string of the molecule is CNC(=O)[C@@H](C)N(Cc1ccc(Cl)cc1)C(=O)Cc1ccc(OC)c(OC)c1. The van der Waals surface area contributed by atoms with Crippen LogP contribution in [0.2, 0.25) is 5.02 Å². The molecule has 2 amide bonds. The average Bonchev–Trinajstić information content (AvgIpc) is 2.71. The zero-order chi connectivity index (χ0) is 20.7. The predicted molar refractivity (Wildman–Crippen MR) is 109 cm³/mol. The quantitative estimate of drug-likeness (QED) is 0.734. The molecule has 0 fully saturated rings. The minimum Gasteiger partial charge on any atom is -0.493 e. The van der Waals surface area contributed by atoms with Gasteiger partial charge in [-0.15, -0.1) is 0 Å². The van der Waals surface area contributed by atoms with E-state index in [-0.39, 0.29) is 18.2 Å². The summed E-state index contributed by atoms with van der Waals surface area (Å²) < 4.78 is 10.5. The summed E-state index contributed by atoms with van der Waals surface area (Å²) in [4.78, 5) is 26.8. The number of benzene rings is 2. The van der Waals surface area contributed by atoms with Gasteiger partial charge >= 0.3 is 0 Å². The van der Waals surface area contributed by atoms with Crippen molar-refractivity contribution >= 4 is 23.4 Å². The van der Waals surface area contributed by atoms with Gasteiger partial charge in [0.2, 0.25) is 11.8 Å². The van der Waals surface area contributed by atoms with Gasteiger partial charge < -0.3 is 19.7 Å². The third-order valence-electron chi connectivity index (χ3n) is 4.48. The zero-order valence-electron chi connectivity index (χ0n) is 16.5. The molecule has 0 saturated carbocycles. The lowest BCUT2D eigenvalue weighted by Crippen LogP contribution is -2.47. The van der Waals surface area contributed by atoms with E-state index in [1.54, 1.807) is 57.4 Å². The normalized spacial score (nSPS) is 11.5. The van der Waals surface area contributed by atoms with Crippen LogP contribution in [0.1, 0.15) is 18.1 Å². The number of methoxy groups -OCH3 is 2. The van der Waals surface area contributed by atoms with Crippen LogP contribution in [-0.2, 0) is 22.6 Å². The smallest absolute Gasteiger partial charge is 0.242 e. The molecule has 0 aliphatic carbocycles.